The Labute approximate surface area is 222 Å². The molecule has 0 fully saturated rings. The summed E-state index contributed by atoms with van der Waals surface area (Å²) in [4.78, 5) is 0. The lowest BCUT2D eigenvalue weighted by molar-refractivity contribution is 0.600. The fourth-order valence-corrected chi connectivity index (χ4v) is 5.10. The molecule has 4 rings (SSSR count). The third kappa shape index (κ3) is 13.2. The van der Waals surface area contributed by atoms with E-state index in [9.17, 15) is 16.8 Å². The summed E-state index contributed by atoms with van der Waals surface area (Å²) in [5.41, 5.74) is 20.2. The first-order chi connectivity index (χ1) is 17.4. The smallest absolute Gasteiger partial charge is 0.236 e. The van der Waals surface area contributed by atoms with Crippen molar-refractivity contribution >= 4 is 52.5 Å². The maximum Gasteiger partial charge on any atom is 0.236 e. The van der Waals surface area contributed by atoms with Crippen LogP contribution >= 0.6 is 10.7 Å². The topological polar surface area (TPSA) is 158 Å². The molecule has 0 unspecified atom stereocenters. The summed E-state index contributed by atoms with van der Waals surface area (Å²) >= 11 is 0. The molecule has 0 spiro atoms. The minimum atomic E-state index is -3.41. The van der Waals surface area contributed by atoms with Gasteiger partial charge in [-0.15, -0.1) is 0 Å². The molecule has 0 aliphatic heterocycles. The second-order valence-corrected chi connectivity index (χ2v) is 12.3. The largest absolute Gasteiger partial charge is 0.399 e. The Morgan fingerprint density at radius 3 is 1.41 bits per heavy atom. The number of hydrogen-bond acceptors (Lipinski definition) is 7. The molecule has 196 valence electrons. The van der Waals surface area contributed by atoms with Gasteiger partial charge in [-0.2, -0.15) is 0 Å². The number of sulfonamides is 1. The van der Waals surface area contributed by atoms with Crippen molar-refractivity contribution in [2.75, 3.05) is 21.9 Å². The summed E-state index contributed by atoms with van der Waals surface area (Å²) in [5.74, 6) is -0.155. The molecule has 0 amide bonds. The monoisotopic (exact) mass is 560 g/mol. The van der Waals surface area contributed by atoms with E-state index in [4.69, 9.17) is 27.9 Å². The van der Waals surface area contributed by atoms with Crippen molar-refractivity contribution in [3.05, 3.63) is 120 Å². The van der Waals surface area contributed by atoms with Gasteiger partial charge in [-0.25, -0.2) is 16.8 Å². The highest BCUT2D eigenvalue weighted by atomic mass is 35.7. The summed E-state index contributed by atoms with van der Waals surface area (Å²) in [6, 6.07) is 31.7. The third-order valence-corrected chi connectivity index (χ3v) is 6.72. The Bertz CT molecular complexity index is 1450. The molecule has 11 heteroatoms. The summed E-state index contributed by atoms with van der Waals surface area (Å²) in [6.45, 7) is 0. The summed E-state index contributed by atoms with van der Waals surface area (Å²) in [5, 5.41) is 0. The Morgan fingerprint density at radius 2 is 1.00 bits per heavy atom. The van der Waals surface area contributed by atoms with Gasteiger partial charge < -0.3 is 17.2 Å². The molecule has 37 heavy (non-hydrogen) atoms. The zero-order valence-corrected chi connectivity index (χ0v) is 22.3. The van der Waals surface area contributed by atoms with Crippen LogP contribution in [0, 0.1) is 0 Å². The fraction of sp³-hybridized carbons (Fsp3) is 0.0769. The van der Waals surface area contributed by atoms with Gasteiger partial charge in [0.25, 0.3) is 0 Å². The van der Waals surface area contributed by atoms with Crippen LogP contribution in [0.5, 0.6) is 0 Å². The van der Waals surface area contributed by atoms with Crippen LogP contribution < -0.4 is 21.9 Å². The van der Waals surface area contributed by atoms with Gasteiger partial charge in [0.2, 0.25) is 19.1 Å². The minimum Gasteiger partial charge on any atom is -0.399 e. The van der Waals surface area contributed by atoms with E-state index >= 15 is 0 Å². The predicted octanol–water partition coefficient (Wildman–Crippen LogP) is 4.82. The van der Waals surface area contributed by atoms with Gasteiger partial charge in [-0.1, -0.05) is 72.8 Å². The molecule has 0 aliphatic rings. The lowest BCUT2D eigenvalue weighted by atomic mass is 10.2. The van der Waals surface area contributed by atoms with Gasteiger partial charge in [0, 0.05) is 27.7 Å². The van der Waals surface area contributed by atoms with Gasteiger partial charge in [0.05, 0.1) is 17.2 Å². The molecule has 0 heterocycles. The Morgan fingerprint density at radius 1 is 0.568 bits per heavy atom. The van der Waals surface area contributed by atoms with Crippen molar-refractivity contribution in [1.29, 1.82) is 0 Å². The Hall–Kier alpha value is -3.73. The first-order valence-electron chi connectivity index (χ1n) is 10.9. The first-order valence-corrected chi connectivity index (χ1v) is 15.0. The average molecular weight is 561 g/mol. The van der Waals surface area contributed by atoms with Gasteiger partial charge >= 0.3 is 0 Å². The second-order valence-electron chi connectivity index (χ2n) is 7.81. The SMILES string of the molecule is Nc1cccc(N)c1.Nc1cccc(NS(=O)(=O)Cc2ccccc2)c1.O=S(=O)(Cl)Cc1ccccc1. The molecule has 0 saturated carbocycles. The summed E-state index contributed by atoms with van der Waals surface area (Å²) in [6.07, 6.45) is 0. The summed E-state index contributed by atoms with van der Waals surface area (Å²) in [7, 11) is -1.78. The van der Waals surface area contributed by atoms with Gasteiger partial charge in [0.1, 0.15) is 0 Å². The highest BCUT2D eigenvalue weighted by Crippen LogP contribution is 2.15. The summed E-state index contributed by atoms with van der Waals surface area (Å²) < 4.78 is 47.5. The van der Waals surface area contributed by atoms with E-state index < -0.39 is 19.1 Å². The number of rotatable bonds is 6. The standard InChI is InChI=1S/C13H14N2O2S.C7H7ClO2S.C6H8N2/c14-12-7-4-8-13(9-12)15-18(16,17)10-11-5-2-1-3-6-11;8-11(9,10)6-7-4-2-1-3-5-7;7-5-2-1-3-6(8)4-5/h1-9,15H,10,14H2;1-5H,6H2;1-4H,7-8H2. The molecule has 0 bridgehead atoms. The highest BCUT2D eigenvalue weighted by molar-refractivity contribution is 8.13. The lowest BCUT2D eigenvalue weighted by Crippen LogP contribution is -2.15. The number of benzene rings is 4. The third-order valence-electron chi connectivity index (χ3n) is 4.45. The molecule has 4 aromatic carbocycles. The second kappa shape index (κ2) is 14.1. The fourth-order valence-electron chi connectivity index (χ4n) is 2.94. The molecule has 0 aromatic heterocycles. The molecule has 4 aromatic rings. The van der Waals surface area contributed by atoms with Crippen LogP contribution in [0.15, 0.2) is 109 Å². The van der Waals surface area contributed by atoms with Gasteiger partial charge in [0.15, 0.2) is 0 Å². The van der Waals surface area contributed by atoms with Crippen LogP contribution in [0.4, 0.5) is 22.7 Å². The van der Waals surface area contributed by atoms with Crippen LogP contribution in [-0.4, -0.2) is 16.8 Å². The average Bonchev–Trinajstić information content (AvgIpc) is 2.79. The number of nitrogen functional groups attached to an aromatic ring is 3. The van der Waals surface area contributed by atoms with Crippen molar-refractivity contribution in [1.82, 2.24) is 0 Å². The van der Waals surface area contributed by atoms with Crippen LogP contribution in [0.1, 0.15) is 11.1 Å². The molecular weight excluding hydrogens is 532 g/mol. The van der Waals surface area contributed by atoms with E-state index in [1.807, 2.05) is 30.3 Å². The molecule has 0 saturated heterocycles. The van der Waals surface area contributed by atoms with Crippen LogP contribution in [0.2, 0.25) is 0 Å². The zero-order valence-electron chi connectivity index (χ0n) is 19.9. The van der Waals surface area contributed by atoms with Crippen molar-refractivity contribution in [3.63, 3.8) is 0 Å². The normalized spacial score (nSPS) is 10.7. The molecule has 7 N–H and O–H groups in total. The van der Waals surface area contributed by atoms with Crippen LogP contribution in [-0.2, 0) is 30.6 Å². The van der Waals surface area contributed by atoms with E-state index in [1.165, 1.54) is 0 Å². The molecule has 0 aliphatic carbocycles. The predicted molar refractivity (Wildman–Crippen MR) is 154 cm³/mol. The van der Waals surface area contributed by atoms with Crippen molar-refractivity contribution in [2.45, 2.75) is 11.5 Å². The first kappa shape index (κ1) is 29.5. The number of halogens is 1. The molecule has 8 nitrogen and oxygen atoms in total. The van der Waals surface area contributed by atoms with E-state index in [-0.39, 0.29) is 11.5 Å². The number of nitrogens with two attached hydrogens (primary N) is 3. The molecular formula is C26H29ClN4O4S2. The highest BCUT2D eigenvalue weighted by Gasteiger charge is 2.11. The van der Waals surface area contributed by atoms with E-state index in [2.05, 4.69) is 4.72 Å². The number of nitrogens with one attached hydrogen (secondary N) is 1. The Kier molecular flexibility index (Phi) is 11.3. The van der Waals surface area contributed by atoms with E-state index in [0.717, 1.165) is 5.56 Å². The molecule has 0 atom stereocenters. The Balaban J connectivity index is 0.000000215. The maximum atomic E-state index is 11.9. The lowest BCUT2D eigenvalue weighted by Gasteiger charge is -2.08. The number of hydrogen-bond donors (Lipinski definition) is 4. The minimum absolute atomic E-state index is 0.0529. The van der Waals surface area contributed by atoms with Crippen molar-refractivity contribution in [2.24, 2.45) is 0 Å². The van der Waals surface area contributed by atoms with E-state index in [1.54, 1.807) is 78.9 Å². The van der Waals surface area contributed by atoms with Crippen LogP contribution in [0.25, 0.3) is 0 Å². The zero-order chi connectivity index (χ0) is 27.3. The molecule has 0 radical (unpaired) electrons. The number of anilines is 4. The van der Waals surface area contributed by atoms with Crippen LogP contribution in [0.3, 0.4) is 0 Å². The van der Waals surface area contributed by atoms with E-state index in [0.29, 0.717) is 28.3 Å². The van der Waals surface area contributed by atoms with Crippen molar-refractivity contribution in [3.8, 4) is 0 Å². The quantitative estimate of drug-likeness (QED) is 0.194. The van der Waals surface area contributed by atoms with Gasteiger partial charge in [-0.3, -0.25) is 4.72 Å². The maximum absolute atomic E-state index is 11.9. The van der Waals surface area contributed by atoms with Crippen molar-refractivity contribution < 1.29 is 16.8 Å². The van der Waals surface area contributed by atoms with Gasteiger partial charge in [-0.05, 0) is 47.5 Å².